The van der Waals surface area contributed by atoms with Gasteiger partial charge in [-0.1, -0.05) is 56.0 Å². The summed E-state index contributed by atoms with van der Waals surface area (Å²) in [5.41, 5.74) is 9.20. The minimum atomic E-state index is 0. The number of hydrogen-bond donors (Lipinski definition) is 0. The van der Waals surface area contributed by atoms with E-state index < -0.39 is 0 Å². The Bertz CT molecular complexity index is 1670. The second-order valence-electron chi connectivity index (χ2n) is 8.60. The van der Waals surface area contributed by atoms with E-state index in [0.717, 1.165) is 55.6 Å². The zero-order valence-corrected chi connectivity index (χ0v) is 19.1. The molecular weight excluding hydrogens is 458 g/mol. The van der Waals surface area contributed by atoms with Gasteiger partial charge in [0.25, 0.3) is 0 Å². The fraction of sp³-hybridized carbons (Fsp3) is 0.0312. The highest BCUT2D eigenvalue weighted by molar-refractivity contribution is 5.80. The Morgan fingerprint density at radius 2 is 0.865 bits per heavy atom. The van der Waals surface area contributed by atoms with Crippen molar-refractivity contribution >= 4 is 22.2 Å². The lowest BCUT2D eigenvalue weighted by atomic mass is 9.99. The molecule has 0 saturated heterocycles. The second kappa shape index (κ2) is 9.21. The van der Waals surface area contributed by atoms with E-state index in [1.54, 1.807) is 0 Å². The summed E-state index contributed by atoms with van der Waals surface area (Å²) in [5.74, 6) is 1.21. The minimum absolute atomic E-state index is 0. The van der Waals surface area contributed by atoms with Gasteiger partial charge < -0.3 is 8.83 Å². The molecule has 7 aromatic rings. The van der Waals surface area contributed by atoms with Gasteiger partial charge in [0.15, 0.2) is 11.2 Å². The monoisotopic (exact) mass is 481 g/mol. The molecule has 0 spiro atoms. The highest BCUT2D eigenvalue weighted by Gasteiger charge is 2.12. The fourth-order valence-corrected chi connectivity index (χ4v) is 4.41. The summed E-state index contributed by atoms with van der Waals surface area (Å²) in [6.07, 6.45) is 3.75. The minimum Gasteiger partial charge on any atom is -0.436 e. The standard InChI is InChI=1S/C31H19N3O2.CH4/c1-3-13-28-26(11-1)33-30(35-28)22-9-5-7-20(15-22)24-17-25(19-32-18-24)21-8-6-10-23(16-21)31-34-27-12-2-4-14-29(27)36-31;/h1-19H;1H4. The lowest BCUT2D eigenvalue weighted by Gasteiger charge is -2.07. The van der Waals surface area contributed by atoms with Crippen LogP contribution in [0.1, 0.15) is 7.43 Å². The molecular formula is C32H23N3O2. The Labute approximate surface area is 214 Å². The molecule has 0 saturated carbocycles. The van der Waals surface area contributed by atoms with Crippen LogP contribution in [-0.2, 0) is 0 Å². The Morgan fingerprint density at radius 1 is 0.432 bits per heavy atom. The molecule has 0 bridgehead atoms. The van der Waals surface area contributed by atoms with Gasteiger partial charge in [-0.3, -0.25) is 4.98 Å². The zero-order valence-electron chi connectivity index (χ0n) is 19.1. The first-order chi connectivity index (χ1) is 17.8. The average molecular weight is 482 g/mol. The number of aromatic nitrogens is 3. The molecule has 0 fully saturated rings. The van der Waals surface area contributed by atoms with Gasteiger partial charge in [0.1, 0.15) is 11.0 Å². The molecule has 3 heterocycles. The maximum Gasteiger partial charge on any atom is 0.227 e. The number of fused-ring (bicyclic) bond motifs is 2. The molecule has 5 nitrogen and oxygen atoms in total. The van der Waals surface area contributed by atoms with Crippen LogP contribution in [0.4, 0.5) is 0 Å². The predicted octanol–water partition coefficient (Wildman–Crippen LogP) is 8.67. The Balaban J connectivity index is 0.00000252. The van der Waals surface area contributed by atoms with Crippen LogP contribution in [0, 0.1) is 0 Å². The van der Waals surface area contributed by atoms with Crippen molar-refractivity contribution in [3.63, 3.8) is 0 Å². The molecule has 0 atom stereocenters. The summed E-state index contributed by atoms with van der Waals surface area (Å²) < 4.78 is 11.9. The van der Waals surface area contributed by atoms with E-state index in [1.165, 1.54) is 0 Å². The van der Waals surface area contributed by atoms with E-state index in [1.807, 2.05) is 85.2 Å². The number of benzene rings is 4. The largest absolute Gasteiger partial charge is 0.436 e. The molecule has 0 aliphatic rings. The van der Waals surface area contributed by atoms with Crippen LogP contribution >= 0.6 is 0 Å². The lowest BCUT2D eigenvalue weighted by molar-refractivity contribution is 0.619. The van der Waals surface area contributed by atoms with E-state index >= 15 is 0 Å². The highest BCUT2D eigenvalue weighted by atomic mass is 16.4. The first-order valence-corrected chi connectivity index (χ1v) is 11.7. The van der Waals surface area contributed by atoms with E-state index in [9.17, 15) is 0 Å². The summed E-state index contributed by atoms with van der Waals surface area (Å²) in [7, 11) is 0. The first kappa shape index (κ1) is 22.4. The van der Waals surface area contributed by atoms with E-state index in [-0.39, 0.29) is 7.43 Å². The van der Waals surface area contributed by atoms with Crippen LogP contribution in [0.5, 0.6) is 0 Å². The Morgan fingerprint density at radius 3 is 1.35 bits per heavy atom. The molecule has 0 unspecified atom stereocenters. The van der Waals surface area contributed by atoms with Crippen LogP contribution in [0.2, 0.25) is 0 Å². The predicted molar refractivity (Wildman–Crippen MR) is 148 cm³/mol. The summed E-state index contributed by atoms with van der Waals surface area (Å²) in [5, 5.41) is 0. The molecule has 0 aliphatic heterocycles. The number of nitrogens with zero attached hydrogens (tertiary/aromatic N) is 3. The number of rotatable bonds is 4. The molecule has 178 valence electrons. The van der Waals surface area contributed by atoms with Crippen molar-refractivity contribution in [1.82, 2.24) is 15.0 Å². The molecule has 0 N–H and O–H groups in total. The van der Waals surface area contributed by atoms with E-state index in [4.69, 9.17) is 8.83 Å². The van der Waals surface area contributed by atoms with Crippen LogP contribution in [0.15, 0.2) is 124 Å². The normalized spacial score (nSPS) is 11.0. The third kappa shape index (κ3) is 4.17. The zero-order chi connectivity index (χ0) is 23.9. The number of para-hydroxylation sites is 4. The van der Waals surface area contributed by atoms with Crippen molar-refractivity contribution in [2.75, 3.05) is 0 Å². The number of hydrogen-bond acceptors (Lipinski definition) is 5. The molecule has 3 aromatic heterocycles. The average Bonchev–Trinajstić information content (AvgIpc) is 3.58. The van der Waals surface area contributed by atoms with Gasteiger partial charge in [-0.05, 0) is 65.7 Å². The van der Waals surface area contributed by atoms with E-state index in [2.05, 4.69) is 45.3 Å². The molecule has 0 radical (unpaired) electrons. The highest BCUT2D eigenvalue weighted by Crippen LogP contribution is 2.32. The van der Waals surface area contributed by atoms with Crippen molar-refractivity contribution in [3.05, 3.63) is 116 Å². The molecule has 7 rings (SSSR count). The quantitative estimate of drug-likeness (QED) is 0.252. The van der Waals surface area contributed by atoms with E-state index in [0.29, 0.717) is 11.8 Å². The molecule has 0 amide bonds. The molecule has 0 aliphatic carbocycles. The van der Waals surface area contributed by atoms with Crippen LogP contribution in [0.25, 0.3) is 67.4 Å². The van der Waals surface area contributed by atoms with Crippen molar-refractivity contribution < 1.29 is 8.83 Å². The third-order valence-electron chi connectivity index (χ3n) is 6.21. The fourth-order valence-electron chi connectivity index (χ4n) is 4.41. The smallest absolute Gasteiger partial charge is 0.227 e. The summed E-state index contributed by atoms with van der Waals surface area (Å²) in [6.45, 7) is 0. The van der Waals surface area contributed by atoms with Crippen LogP contribution in [0.3, 0.4) is 0 Å². The van der Waals surface area contributed by atoms with Crippen molar-refractivity contribution in [1.29, 1.82) is 0 Å². The lowest BCUT2D eigenvalue weighted by Crippen LogP contribution is -1.86. The number of pyridine rings is 1. The van der Waals surface area contributed by atoms with Gasteiger partial charge in [-0.15, -0.1) is 0 Å². The molecule has 5 heteroatoms. The topological polar surface area (TPSA) is 65.0 Å². The maximum atomic E-state index is 5.97. The summed E-state index contributed by atoms with van der Waals surface area (Å²) in [6, 6.07) is 34.1. The van der Waals surface area contributed by atoms with Crippen molar-refractivity contribution in [2.45, 2.75) is 7.43 Å². The maximum absolute atomic E-state index is 5.97. The van der Waals surface area contributed by atoms with Crippen LogP contribution < -0.4 is 0 Å². The molecule has 37 heavy (non-hydrogen) atoms. The Kier molecular flexibility index (Phi) is 5.58. The first-order valence-electron chi connectivity index (χ1n) is 11.7. The third-order valence-corrected chi connectivity index (χ3v) is 6.21. The van der Waals surface area contributed by atoms with Gasteiger partial charge >= 0.3 is 0 Å². The summed E-state index contributed by atoms with van der Waals surface area (Å²) >= 11 is 0. The van der Waals surface area contributed by atoms with Crippen molar-refractivity contribution in [3.8, 4) is 45.2 Å². The van der Waals surface area contributed by atoms with Gasteiger partial charge in [-0.2, -0.15) is 0 Å². The second-order valence-corrected chi connectivity index (χ2v) is 8.60. The summed E-state index contributed by atoms with van der Waals surface area (Å²) in [4.78, 5) is 13.8. The van der Waals surface area contributed by atoms with Gasteiger partial charge in [0, 0.05) is 34.6 Å². The number of oxazole rings is 2. The van der Waals surface area contributed by atoms with Crippen LogP contribution in [-0.4, -0.2) is 15.0 Å². The van der Waals surface area contributed by atoms with Gasteiger partial charge in [0.05, 0.1) is 0 Å². The molecule has 4 aromatic carbocycles. The van der Waals surface area contributed by atoms with Gasteiger partial charge in [0.2, 0.25) is 11.8 Å². The van der Waals surface area contributed by atoms with Gasteiger partial charge in [-0.25, -0.2) is 9.97 Å². The van der Waals surface area contributed by atoms with Crippen molar-refractivity contribution in [2.24, 2.45) is 0 Å². The Hall–Kier alpha value is -5.03. The SMILES string of the molecule is C.c1cc(-c2cncc(-c3cccc(-c4nc5ccccc5o4)c3)c2)cc(-c2nc3ccccc3o2)c1.